The Labute approximate surface area is 124 Å². The molecule has 2 aliphatic rings. The molecule has 0 fully saturated rings. The molecule has 2 aromatic rings. The first-order chi connectivity index (χ1) is 10.3. The van der Waals surface area contributed by atoms with Gasteiger partial charge in [0.2, 0.25) is 0 Å². The van der Waals surface area contributed by atoms with E-state index < -0.39 is 0 Å². The molecule has 4 rings (SSSR count). The summed E-state index contributed by atoms with van der Waals surface area (Å²) in [6.45, 7) is 0. The molecule has 0 aromatic heterocycles. The summed E-state index contributed by atoms with van der Waals surface area (Å²) in [6.07, 6.45) is 8.92. The zero-order chi connectivity index (χ0) is 14.2. The lowest BCUT2D eigenvalue weighted by atomic mass is 9.84. The third-order valence-corrected chi connectivity index (χ3v) is 4.61. The Bertz CT molecular complexity index is 743. The molecule has 0 saturated carbocycles. The number of fused-ring (bicyclic) bond motifs is 3. The number of cyclic esters (lactones) is 1. The number of aryl methyl sites for hydroxylation is 2. The normalized spacial score (nSPS) is 21.1. The number of hydrogen-bond donors (Lipinski definition) is 0. The number of benzene rings is 2. The Kier molecular flexibility index (Phi) is 3.03. The predicted molar refractivity (Wildman–Crippen MR) is 83.2 cm³/mol. The average Bonchev–Trinajstić information content (AvgIpc) is 2.54. The van der Waals surface area contributed by atoms with Crippen LogP contribution in [0.25, 0.3) is 10.8 Å². The molecule has 0 saturated heterocycles. The van der Waals surface area contributed by atoms with Crippen LogP contribution < -0.4 is 0 Å². The second-order valence-electron chi connectivity index (χ2n) is 5.92. The Morgan fingerprint density at radius 2 is 1.86 bits per heavy atom. The van der Waals surface area contributed by atoms with Crippen LogP contribution in [-0.4, -0.2) is 5.97 Å². The summed E-state index contributed by atoms with van der Waals surface area (Å²) in [4.78, 5) is 11.6. The molecule has 0 bridgehead atoms. The van der Waals surface area contributed by atoms with Crippen LogP contribution in [0.15, 0.2) is 42.5 Å². The quantitative estimate of drug-likeness (QED) is 0.728. The Morgan fingerprint density at radius 3 is 2.71 bits per heavy atom. The number of rotatable bonds is 1. The summed E-state index contributed by atoms with van der Waals surface area (Å²) in [5.74, 6) is -0.229. The Morgan fingerprint density at radius 1 is 1.05 bits per heavy atom. The molecular formula is C19H18O2. The maximum atomic E-state index is 11.6. The van der Waals surface area contributed by atoms with Crippen LogP contribution in [-0.2, 0) is 22.4 Å². The van der Waals surface area contributed by atoms with E-state index in [9.17, 15) is 4.79 Å². The van der Waals surface area contributed by atoms with E-state index in [2.05, 4.69) is 30.3 Å². The fourth-order valence-corrected chi connectivity index (χ4v) is 3.63. The summed E-state index contributed by atoms with van der Waals surface area (Å²) < 4.78 is 5.55. The van der Waals surface area contributed by atoms with E-state index >= 15 is 0 Å². The largest absolute Gasteiger partial charge is 0.454 e. The van der Waals surface area contributed by atoms with Gasteiger partial charge in [0.15, 0.2) is 0 Å². The molecule has 2 aromatic carbocycles. The van der Waals surface area contributed by atoms with Gasteiger partial charge >= 0.3 is 5.97 Å². The first kappa shape index (κ1) is 12.6. The molecule has 1 unspecified atom stereocenters. The molecule has 0 radical (unpaired) electrons. The molecule has 106 valence electrons. The third-order valence-electron chi connectivity index (χ3n) is 4.61. The van der Waals surface area contributed by atoms with Crippen molar-refractivity contribution in [3.63, 3.8) is 0 Å². The van der Waals surface area contributed by atoms with Gasteiger partial charge in [0, 0.05) is 18.1 Å². The van der Waals surface area contributed by atoms with Crippen molar-refractivity contribution < 1.29 is 9.53 Å². The second kappa shape index (κ2) is 5.03. The van der Waals surface area contributed by atoms with Gasteiger partial charge in [0.25, 0.3) is 0 Å². The lowest BCUT2D eigenvalue weighted by Gasteiger charge is -2.25. The van der Waals surface area contributed by atoms with Crippen LogP contribution in [0.1, 0.15) is 42.1 Å². The summed E-state index contributed by atoms with van der Waals surface area (Å²) in [5, 5.41) is 2.58. The topological polar surface area (TPSA) is 26.3 Å². The molecule has 2 heteroatoms. The van der Waals surface area contributed by atoms with Crippen LogP contribution in [0.3, 0.4) is 0 Å². The molecule has 21 heavy (non-hydrogen) atoms. The van der Waals surface area contributed by atoms with E-state index in [-0.39, 0.29) is 12.1 Å². The van der Waals surface area contributed by atoms with Crippen molar-refractivity contribution in [1.82, 2.24) is 0 Å². The molecule has 2 nitrogen and oxygen atoms in total. The Hall–Kier alpha value is -2.09. The number of ether oxygens (including phenoxy) is 1. The van der Waals surface area contributed by atoms with Crippen molar-refractivity contribution >= 4 is 16.7 Å². The molecular weight excluding hydrogens is 260 g/mol. The molecule has 1 heterocycles. The lowest BCUT2D eigenvalue weighted by molar-refractivity contribution is -0.144. The standard InChI is InChI=1S/C19H18O2/c20-19-11-5-10-18(21-19)17-12-13-6-1-2-7-14(13)15-8-3-4-9-16(15)17/h3-5,8-9,11-12,18H,1-2,6-7,10H2. The number of carbonyl (C=O) groups excluding carboxylic acids is 1. The predicted octanol–water partition coefficient (Wildman–Crippen LogP) is 4.26. The number of esters is 1. The van der Waals surface area contributed by atoms with Crippen LogP contribution in [0, 0.1) is 0 Å². The molecule has 1 aliphatic carbocycles. The van der Waals surface area contributed by atoms with Crippen LogP contribution in [0.4, 0.5) is 0 Å². The van der Waals surface area contributed by atoms with E-state index in [1.165, 1.54) is 52.8 Å². The van der Waals surface area contributed by atoms with E-state index in [4.69, 9.17) is 4.74 Å². The van der Waals surface area contributed by atoms with Crippen LogP contribution in [0.2, 0.25) is 0 Å². The summed E-state index contributed by atoms with van der Waals surface area (Å²) >= 11 is 0. The zero-order valence-corrected chi connectivity index (χ0v) is 12.0. The molecule has 0 N–H and O–H groups in total. The number of hydrogen-bond acceptors (Lipinski definition) is 2. The fourth-order valence-electron chi connectivity index (χ4n) is 3.63. The van der Waals surface area contributed by atoms with Gasteiger partial charge in [-0.2, -0.15) is 0 Å². The summed E-state index contributed by atoms with van der Waals surface area (Å²) in [7, 11) is 0. The van der Waals surface area contributed by atoms with Crippen molar-refractivity contribution in [2.45, 2.75) is 38.2 Å². The highest BCUT2D eigenvalue weighted by Gasteiger charge is 2.23. The van der Waals surface area contributed by atoms with E-state index in [0.29, 0.717) is 0 Å². The minimum absolute atomic E-state index is 0.139. The lowest BCUT2D eigenvalue weighted by Crippen LogP contribution is -2.14. The first-order valence-corrected chi connectivity index (χ1v) is 7.73. The molecule has 1 aliphatic heterocycles. The third kappa shape index (κ3) is 2.15. The van der Waals surface area contributed by atoms with Crippen molar-refractivity contribution in [3.8, 4) is 0 Å². The maximum Gasteiger partial charge on any atom is 0.331 e. The van der Waals surface area contributed by atoms with Gasteiger partial charge < -0.3 is 4.74 Å². The van der Waals surface area contributed by atoms with Gasteiger partial charge in [-0.25, -0.2) is 4.79 Å². The molecule has 0 amide bonds. The second-order valence-corrected chi connectivity index (χ2v) is 5.92. The van der Waals surface area contributed by atoms with E-state index in [1.54, 1.807) is 0 Å². The molecule has 0 spiro atoms. The van der Waals surface area contributed by atoms with Crippen LogP contribution in [0.5, 0.6) is 0 Å². The van der Waals surface area contributed by atoms with Crippen molar-refractivity contribution in [1.29, 1.82) is 0 Å². The minimum atomic E-state index is -0.229. The summed E-state index contributed by atoms with van der Waals surface area (Å²) in [6, 6.07) is 10.8. The average molecular weight is 278 g/mol. The number of carbonyl (C=O) groups is 1. The van der Waals surface area contributed by atoms with Gasteiger partial charge in [-0.1, -0.05) is 36.4 Å². The van der Waals surface area contributed by atoms with Gasteiger partial charge in [0.1, 0.15) is 6.10 Å². The highest BCUT2D eigenvalue weighted by atomic mass is 16.5. The van der Waals surface area contributed by atoms with Crippen molar-refractivity contribution in [3.05, 3.63) is 59.2 Å². The summed E-state index contributed by atoms with van der Waals surface area (Å²) in [5.41, 5.74) is 4.11. The van der Waals surface area contributed by atoms with E-state index in [0.717, 1.165) is 12.8 Å². The molecule has 1 atom stereocenters. The van der Waals surface area contributed by atoms with Gasteiger partial charge in [0.05, 0.1) is 0 Å². The smallest absolute Gasteiger partial charge is 0.331 e. The van der Waals surface area contributed by atoms with Crippen LogP contribution >= 0.6 is 0 Å². The minimum Gasteiger partial charge on any atom is -0.454 e. The van der Waals surface area contributed by atoms with E-state index in [1.807, 2.05) is 6.08 Å². The Balaban J connectivity index is 1.92. The van der Waals surface area contributed by atoms with Gasteiger partial charge in [-0.3, -0.25) is 0 Å². The SMILES string of the molecule is O=C1C=CCC(c2cc3c(c4ccccc24)CCCC3)O1. The van der Waals surface area contributed by atoms with Gasteiger partial charge in [-0.15, -0.1) is 0 Å². The van der Waals surface area contributed by atoms with Gasteiger partial charge in [-0.05, 0) is 47.6 Å². The van der Waals surface area contributed by atoms with Crippen molar-refractivity contribution in [2.75, 3.05) is 0 Å². The highest BCUT2D eigenvalue weighted by molar-refractivity contribution is 5.91. The first-order valence-electron chi connectivity index (χ1n) is 7.73. The maximum absolute atomic E-state index is 11.6. The highest BCUT2D eigenvalue weighted by Crippen LogP contribution is 2.37. The fraction of sp³-hybridized carbons (Fsp3) is 0.316. The zero-order valence-electron chi connectivity index (χ0n) is 12.0. The monoisotopic (exact) mass is 278 g/mol. The van der Waals surface area contributed by atoms with Crippen molar-refractivity contribution in [2.24, 2.45) is 0 Å².